The molecule has 0 aliphatic carbocycles. The SMILES string of the molecule is CC#CCn1c(N2CCC[C@@H](NC(=O)OC(C)(C)C)C2)nc2c1c(=O)n(Cc1ccc(F)c(C#N)c1)c(=O)n2C. The highest BCUT2D eigenvalue weighted by molar-refractivity contribution is 5.75. The number of hydrogen-bond donors (Lipinski definition) is 1. The molecule has 0 saturated carbocycles. The van der Waals surface area contributed by atoms with Crippen molar-refractivity contribution in [3.63, 3.8) is 0 Å². The van der Waals surface area contributed by atoms with Crippen molar-refractivity contribution in [3.8, 4) is 17.9 Å². The van der Waals surface area contributed by atoms with Crippen LogP contribution in [0.5, 0.6) is 0 Å². The Morgan fingerprint density at radius 1 is 1.27 bits per heavy atom. The first-order valence-corrected chi connectivity index (χ1v) is 13.0. The predicted octanol–water partition coefficient (Wildman–Crippen LogP) is 2.47. The number of amides is 1. The second-order valence-corrected chi connectivity index (χ2v) is 10.7. The monoisotopic (exact) mass is 549 g/mol. The molecule has 0 bridgehead atoms. The van der Waals surface area contributed by atoms with E-state index >= 15 is 0 Å². The number of aromatic nitrogens is 4. The molecule has 1 fully saturated rings. The zero-order valence-electron chi connectivity index (χ0n) is 23.2. The lowest BCUT2D eigenvalue weighted by Gasteiger charge is -2.34. The molecule has 0 radical (unpaired) electrons. The number of aryl methyl sites for hydroxylation is 1. The minimum Gasteiger partial charge on any atom is -0.444 e. The van der Waals surface area contributed by atoms with E-state index in [-0.39, 0.29) is 35.9 Å². The summed E-state index contributed by atoms with van der Waals surface area (Å²) in [5.41, 5.74) is -1.13. The number of piperidine rings is 1. The van der Waals surface area contributed by atoms with Gasteiger partial charge in [0.1, 0.15) is 17.5 Å². The summed E-state index contributed by atoms with van der Waals surface area (Å²) in [5.74, 6) is 5.62. The van der Waals surface area contributed by atoms with Crippen molar-refractivity contribution in [1.29, 1.82) is 5.26 Å². The molecule has 11 nitrogen and oxygen atoms in total. The van der Waals surface area contributed by atoms with Crippen molar-refractivity contribution in [2.24, 2.45) is 7.05 Å². The first kappa shape index (κ1) is 28.4. The number of nitrogens with zero attached hydrogens (tertiary/aromatic N) is 6. The molecule has 12 heteroatoms. The van der Waals surface area contributed by atoms with Crippen LogP contribution in [0.15, 0.2) is 27.8 Å². The van der Waals surface area contributed by atoms with Gasteiger partial charge in [0.05, 0.1) is 18.7 Å². The lowest BCUT2D eigenvalue weighted by Crippen LogP contribution is -2.49. The average Bonchev–Trinajstić information content (AvgIpc) is 3.28. The number of halogens is 1. The van der Waals surface area contributed by atoms with Gasteiger partial charge >= 0.3 is 11.8 Å². The highest BCUT2D eigenvalue weighted by atomic mass is 19.1. The van der Waals surface area contributed by atoms with Crippen molar-refractivity contribution < 1.29 is 13.9 Å². The van der Waals surface area contributed by atoms with Crippen molar-refractivity contribution in [2.45, 2.75) is 65.3 Å². The summed E-state index contributed by atoms with van der Waals surface area (Å²) < 4.78 is 23.3. The van der Waals surface area contributed by atoms with Gasteiger partial charge in [0, 0.05) is 26.2 Å². The Morgan fingerprint density at radius 2 is 2.02 bits per heavy atom. The van der Waals surface area contributed by atoms with Crippen LogP contribution in [-0.2, 0) is 24.9 Å². The molecule has 0 unspecified atom stereocenters. The Balaban J connectivity index is 1.76. The largest absolute Gasteiger partial charge is 0.444 e. The van der Waals surface area contributed by atoms with Crippen molar-refractivity contribution in [3.05, 3.63) is 56.0 Å². The smallest absolute Gasteiger partial charge is 0.407 e. The van der Waals surface area contributed by atoms with E-state index in [1.807, 2.05) is 4.90 Å². The highest BCUT2D eigenvalue weighted by Gasteiger charge is 2.29. The zero-order chi connectivity index (χ0) is 29.2. The average molecular weight is 550 g/mol. The van der Waals surface area contributed by atoms with Gasteiger partial charge in [-0.25, -0.2) is 14.0 Å². The first-order valence-electron chi connectivity index (χ1n) is 13.0. The molecule has 40 heavy (non-hydrogen) atoms. The number of rotatable bonds is 5. The van der Waals surface area contributed by atoms with E-state index < -0.39 is 28.8 Å². The minimum atomic E-state index is -0.677. The van der Waals surface area contributed by atoms with E-state index in [4.69, 9.17) is 9.72 Å². The van der Waals surface area contributed by atoms with Crippen LogP contribution in [0.3, 0.4) is 0 Å². The van der Waals surface area contributed by atoms with Gasteiger partial charge in [-0.3, -0.25) is 18.5 Å². The molecule has 1 aliphatic heterocycles. The maximum Gasteiger partial charge on any atom is 0.407 e. The number of nitriles is 1. The van der Waals surface area contributed by atoms with Crippen LogP contribution in [0.25, 0.3) is 11.2 Å². The standard InChI is InChI=1S/C28H32FN7O4/c1-6-7-13-35-22-23(32-25(35)34-12-8-9-20(17-34)31-26(38)40-28(2,3)4)33(5)27(39)36(24(22)37)16-18-10-11-21(29)19(14-18)15-30/h10-11,14,20H,8-9,12-13,16-17H2,1-5H3,(H,31,38)/t20-/m1/s1. The number of carbonyl (C=O) groups is 1. The van der Waals surface area contributed by atoms with E-state index in [0.717, 1.165) is 23.5 Å². The number of imidazole rings is 1. The highest BCUT2D eigenvalue weighted by Crippen LogP contribution is 2.24. The van der Waals surface area contributed by atoms with Crippen LogP contribution in [0.4, 0.5) is 15.1 Å². The van der Waals surface area contributed by atoms with Gasteiger partial charge in [0.25, 0.3) is 5.56 Å². The van der Waals surface area contributed by atoms with Gasteiger partial charge < -0.3 is 15.0 Å². The molecular formula is C28H32FN7O4. The topological polar surface area (TPSA) is 127 Å². The number of anilines is 1. The van der Waals surface area contributed by atoms with Gasteiger partial charge in [0.15, 0.2) is 11.2 Å². The zero-order valence-corrected chi connectivity index (χ0v) is 23.2. The van der Waals surface area contributed by atoms with Crippen LogP contribution in [0.2, 0.25) is 0 Å². The van der Waals surface area contributed by atoms with E-state index in [0.29, 0.717) is 24.6 Å². The third-order valence-corrected chi connectivity index (χ3v) is 6.54. The molecule has 0 spiro atoms. The summed E-state index contributed by atoms with van der Waals surface area (Å²) in [4.78, 5) is 46.1. The lowest BCUT2D eigenvalue weighted by atomic mass is 10.1. The third-order valence-electron chi connectivity index (χ3n) is 6.54. The van der Waals surface area contributed by atoms with Gasteiger partial charge in [-0.05, 0) is 58.2 Å². The van der Waals surface area contributed by atoms with Gasteiger partial charge in [-0.15, -0.1) is 5.92 Å². The molecule has 1 amide bonds. The van der Waals surface area contributed by atoms with E-state index in [9.17, 15) is 24.0 Å². The minimum absolute atomic E-state index is 0.151. The molecule has 1 N–H and O–H groups in total. The fourth-order valence-electron chi connectivity index (χ4n) is 4.74. The molecule has 3 heterocycles. The summed E-state index contributed by atoms with van der Waals surface area (Å²) >= 11 is 0. The maximum atomic E-state index is 13.8. The van der Waals surface area contributed by atoms with Gasteiger partial charge in [-0.2, -0.15) is 10.2 Å². The lowest BCUT2D eigenvalue weighted by molar-refractivity contribution is 0.0499. The fraction of sp³-hybridized carbons (Fsp3) is 0.464. The number of hydrogen-bond acceptors (Lipinski definition) is 7. The maximum absolute atomic E-state index is 13.8. The van der Waals surface area contributed by atoms with Crippen molar-refractivity contribution in [1.82, 2.24) is 24.0 Å². The molecule has 2 aromatic heterocycles. The Bertz CT molecular complexity index is 1680. The molecule has 1 atom stereocenters. The molecule has 3 aromatic rings. The normalized spacial score (nSPS) is 15.3. The summed E-state index contributed by atoms with van der Waals surface area (Å²) in [6.07, 6.45) is 1.01. The number of benzene rings is 1. The van der Waals surface area contributed by atoms with Gasteiger partial charge in [0.2, 0.25) is 5.95 Å². The Hall–Kier alpha value is -4.58. The predicted molar refractivity (Wildman–Crippen MR) is 148 cm³/mol. The van der Waals surface area contributed by atoms with E-state index in [2.05, 4.69) is 17.2 Å². The quantitative estimate of drug-likeness (QED) is 0.485. The molecule has 1 aliphatic rings. The molecule has 1 aromatic carbocycles. The summed E-state index contributed by atoms with van der Waals surface area (Å²) in [6, 6.07) is 5.46. The molecule has 4 rings (SSSR count). The number of fused-ring (bicyclic) bond motifs is 1. The second-order valence-electron chi connectivity index (χ2n) is 10.7. The van der Waals surface area contributed by atoms with E-state index in [1.54, 1.807) is 38.3 Å². The van der Waals surface area contributed by atoms with Crippen LogP contribution in [0.1, 0.15) is 51.7 Å². The third kappa shape index (κ3) is 5.86. The summed E-state index contributed by atoms with van der Waals surface area (Å²) in [5, 5.41) is 12.1. The number of ether oxygens (including phenoxy) is 1. The number of carbonyl (C=O) groups excluding carboxylic acids is 1. The van der Waals surface area contributed by atoms with Crippen LogP contribution in [0, 0.1) is 29.0 Å². The second kappa shape index (κ2) is 11.3. The Morgan fingerprint density at radius 3 is 2.70 bits per heavy atom. The van der Waals surface area contributed by atoms with Crippen LogP contribution >= 0.6 is 0 Å². The van der Waals surface area contributed by atoms with Crippen molar-refractivity contribution in [2.75, 3.05) is 18.0 Å². The molecule has 1 saturated heterocycles. The summed E-state index contributed by atoms with van der Waals surface area (Å²) in [7, 11) is 1.53. The molecule has 210 valence electrons. The van der Waals surface area contributed by atoms with E-state index in [1.165, 1.54) is 23.7 Å². The first-order chi connectivity index (χ1) is 18.9. The number of alkyl carbamates (subject to hydrolysis) is 1. The van der Waals surface area contributed by atoms with Gasteiger partial charge in [-0.1, -0.05) is 12.0 Å². The van der Waals surface area contributed by atoms with Crippen LogP contribution in [-0.4, -0.2) is 49.5 Å². The summed E-state index contributed by atoms with van der Waals surface area (Å²) in [6.45, 7) is 8.15. The van der Waals surface area contributed by atoms with Crippen molar-refractivity contribution >= 4 is 23.2 Å². The fourth-order valence-corrected chi connectivity index (χ4v) is 4.74. The molecular weight excluding hydrogens is 517 g/mol. The Labute approximate surface area is 230 Å². The van der Waals surface area contributed by atoms with Crippen LogP contribution < -0.4 is 21.5 Å². The Kier molecular flexibility index (Phi) is 8.01. The number of nitrogens with one attached hydrogen (secondary N) is 1.